The number of para-hydroxylation sites is 1. The highest BCUT2D eigenvalue weighted by atomic mass is 32.2. The van der Waals surface area contributed by atoms with Crippen molar-refractivity contribution >= 4 is 58.7 Å². The quantitative estimate of drug-likeness (QED) is 0.168. The van der Waals surface area contributed by atoms with Crippen LogP contribution in [-0.2, 0) is 14.4 Å². The van der Waals surface area contributed by atoms with Crippen LogP contribution in [0.5, 0.6) is 5.75 Å². The number of hydrogen-bond acceptors (Lipinski definition) is 7. The Morgan fingerprint density at radius 2 is 1.60 bits per heavy atom. The highest BCUT2D eigenvalue weighted by molar-refractivity contribution is 8.00. The topological polar surface area (TPSA) is 129 Å². The number of nitrogens with one attached hydrogen (secondary N) is 3. The highest BCUT2D eigenvalue weighted by Crippen LogP contribution is 2.22. The Morgan fingerprint density at radius 1 is 0.889 bits per heavy atom. The lowest BCUT2D eigenvalue weighted by Gasteiger charge is -2.12. The van der Waals surface area contributed by atoms with E-state index in [0.29, 0.717) is 34.1 Å². The van der Waals surface area contributed by atoms with E-state index in [1.807, 2.05) is 18.2 Å². The van der Waals surface area contributed by atoms with Gasteiger partial charge in [0.2, 0.25) is 5.91 Å². The first-order valence-electron chi connectivity index (χ1n) is 13.9. The van der Waals surface area contributed by atoms with Gasteiger partial charge in [0.15, 0.2) is 0 Å². The van der Waals surface area contributed by atoms with E-state index >= 15 is 0 Å². The van der Waals surface area contributed by atoms with Crippen LogP contribution in [0.3, 0.4) is 0 Å². The number of nitrogens with zero attached hydrogens (tertiary/aromatic N) is 2. The summed E-state index contributed by atoms with van der Waals surface area (Å²) in [6.45, 7) is 0. The molecular weight excluding hydrogens is 590 g/mol. The molecule has 0 unspecified atom stereocenters. The smallest absolute Gasteiger partial charge is 0.272 e. The van der Waals surface area contributed by atoms with Crippen molar-refractivity contribution in [3.63, 3.8) is 0 Å². The van der Waals surface area contributed by atoms with E-state index in [1.165, 1.54) is 16.8 Å². The number of methoxy groups -OCH3 is 1. The van der Waals surface area contributed by atoms with Gasteiger partial charge in [0.05, 0.1) is 25.0 Å². The van der Waals surface area contributed by atoms with Crippen LogP contribution in [0.4, 0.5) is 11.4 Å². The second-order valence-electron chi connectivity index (χ2n) is 9.73. The molecule has 11 heteroatoms. The monoisotopic (exact) mass is 619 g/mol. The van der Waals surface area contributed by atoms with Gasteiger partial charge in [-0.2, -0.15) is 10.1 Å². The number of rotatable bonds is 10. The minimum Gasteiger partial charge on any atom is -0.497 e. The number of anilines is 2. The van der Waals surface area contributed by atoms with Crippen molar-refractivity contribution in [2.75, 3.05) is 23.2 Å². The fraction of sp³-hybridized carbons (Fsp3) is 0.0882. The van der Waals surface area contributed by atoms with E-state index in [0.717, 1.165) is 4.90 Å². The minimum absolute atomic E-state index is 0.0136. The molecule has 0 aliphatic carbocycles. The molecule has 1 aliphatic heterocycles. The Kier molecular flexibility index (Phi) is 10.0. The van der Waals surface area contributed by atoms with E-state index in [9.17, 15) is 19.2 Å². The molecule has 0 spiro atoms. The summed E-state index contributed by atoms with van der Waals surface area (Å²) in [5.74, 6) is -0.446. The van der Waals surface area contributed by atoms with Crippen LogP contribution < -0.4 is 25.7 Å². The Labute approximate surface area is 264 Å². The van der Waals surface area contributed by atoms with Crippen LogP contribution in [0.15, 0.2) is 125 Å². The largest absolute Gasteiger partial charge is 0.497 e. The molecule has 0 aromatic heterocycles. The molecule has 4 aromatic rings. The van der Waals surface area contributed by atoms with Crippen molar-refractivity contribution in [2.24, 2.45) is 5.10 Å². The van der Waals surface area contributed by atoms with Gasteiger partial charge in [0.1, 0.15) is 17.3 Å². The number of ether oxygens (including phenoxy) is 1. The van der Waals surface area contributed by atoms with Gasteiger partial charge in [-0.1, -0.05) is 48.5 Å². The van der Waals surface area contributed by atoms with Crippen molar-refractivity contribution in [3.8, 4) is 5.75 Å². The lowest BCUT2D eigenvalue weighted by Crippen LogP contribution is -2.31. The van der Waals surface area contributed by atoms with Crippen molar-refractivity contribution in [3.05, 3.63) is 126 Å². The fourth-order valence-electron chi connectivity index (χ4n) is 4.29. The molecule has 0 saturated carbocycles. The molecule has 5 rings (SSSR count). The molecule has 4 aromatic carbocycles. The minimum atomic E-state index is -0.515. The zero-order valence-electron chi connectivity index (χ0n) is 24.2. The predicted octanol–water partition coefficient (Wildman–Crippen LogP) is 5.06. The average Bonchev–Trinajstić information content (AvgIpc) is 3.44. The third kappa shape index (κ3) is 8.46. The number of carbonyl (C=O) groups excluding carboxylic acids is 4. The van der Waals surface area contributed by atoms with E-state index < -0.39 is 11.8 Å². The number of hydrogen-bond donors (Lipinski definition) is 3. The zero-order valence-corrected chi connectivity index (χ0v) is 25.0. The molecule has 0 radical (unpaired) electrons. The van der Waals surface area contributed by atoms with Crippen molar-refractivity contribution < 1.29 is 23.9 Å². The second kappa shape index (κ2) is 14.7. The van der Waals surface area contributed by atoms with E-state index in [-0.39, 0.29) is 29.7 Å². The Bertz CT molecular complexity index is 1760. The Balaban J connectivity index is 1.19. The summed E-state index contributed by atoms with van der Waals surface area (Å²) in [6, 6.07) is 31.7. The third-order valence-electron chi connectivity index (χ3n) is 6.48. The van der Waals surface area contributed by atoms with Gasteiger partial charge in [-0.05, 0) is 72.3 Å². The number of carbonyl (C=O) groups is 4. The molecule has 0 atom stereocenters. The summed E-state index contributed by atoms with van der Waals surface area (Å²) < 4.78 is 5.28. The van der Waals surface area contributed by atoms with Crippen LogP contribution >= 0.6 is 11.8 Å². The molecule has 4 amide bonds. The summed E-state index contributed by atoms with van der Waals surface area (Å²) >= 11 is 1.30. The number of amides is 4. The number of hydrazone groups is 1. The van der Waals surface area contributed by atoms with Gasteiger partial charge >= 0.3 is 0 Å². The van der Waals surface area contributed by atoms with Crippen LogP contribution in [0.25, 0.3) is 6.08 Å². The van der Waals surface area contributed by atoms with Gasteiger partial charge < -0.3 is 20.7 Å². The first-order chi connectivity index (χ1) is 21.9. The molecule has 1 heterocycles. The maximum atomic E-state index is 13.3. The average molecular weight is 620 g/mol. The lowest BCUT2D eigenvalue weighted by molar-refractivity contribution is -0.117. The summed E-state index contributed by atoms with van der Waals surface area (Å²) in [7, 11) is 1.55. The van der Waals surface area contributed by atoms with Crippen molar-refractivity contribution in [2.45, 2.75) is 11.3 Å². The highest BCUT2D eigenvalue weighted by Gasteiger charge is 2.26. The summed E-state index contributed by atoms with van der Waals surface area (Å²) in [5.41, 5.74) is 2.26. The number of thioether (sulfide) groups is 1. The molecule has 226 valence electrons. The Hall–Kier alpha value is -5.68. The van der Waals surface area contributed by atoms with Gasteiger partial charge in [-0.25, -0.2) is 0 Å². The number of amidine groups is 1. The first-order valence-corrected chi connectivity index (χ1v) is 14.9. The van der Waals surface area contributed by atoms with E-state index in [4.69, 9.17) is 4.74 Å². The number of benzene rings is 4. The predicted molar refractivity (Wildman–Crippen MR) is 175 cm³/mol. The molecule has 0 bridgehead atoms. The van der Waals surface area contributed by atoms with E-state index in [2.05, 4.69) is 21.1 Å². The molecule has 45 heavy (non-hydrogen) atoms. The van der Waals surface area contributed by atoms with Crippen LogP contribution in [0, 0.1) is 0 Å². The standard InChI is InChI=1S/C34H29N5O5S/c1-44-27-14-8-9-23(19-27)20-29(36-33(42)24-10-4-2-5-11-24)34(43)35-25-15-17-28(18-16-25)45-22-31(40)37-30-21-32(41)39(38-30)26-12-6-3-7-13-26/h2-20H,21-22H2,1H3,(H,35,43)(H,36,42)(H,37,38,40)/b29-20-. The van der Waals surface area contributed by atoms with E-state index in [1.54, 1.807) is 104 Å². The van der Waals surface area contributed by atoms with Crippen LogP contribution in [0.2, 0.25) is 0 Å². The van der Waals surface area contributed by atoms with Gasteiger partial charge in [0, 0.05) is 16.1 Å². The molecule has 10 nitrogen and oxygen atoms in total. The fourth-order valence-corrected chi connectivity index (χ4v) is 4.99. The van der Waals surface area contributed by atoms with Crippen LogP contribution in [-0.4, -0.2) is 42.3 Å². The first kappa shape index (κ1) is 30.8. The maximum absolute atomic E-state index is 13.3. The van der Waals surface area contributed by atoms with Gasteiger partial charge in [-0.3, -0.25) is 19.2 Å². The van der Waals surface area contributed by atoms with Gasteiger partial charge in [-0.15, -0.1) is 11.8 Å². The van der Waals surface area contributed by atoms with Crippen LogP contribution in [0.1, 0.15) is 22.3 Å². The molecule has 3 N–H and O–H groups in total. The maximum Gasteiger partial charge on any atom is 0.272 e. The summed E-state index contributed by atoms with van der Waals surface area (Å²) in [4.78, 5) is 51.9. The zero-order chi connectivity index (χ0) is 31.6. The normalized spacial score (nSPS) is 12.7. The third-order valence-corrected chi connectivity index (χ3v) is 7.49. The lowest BCUT2D eigenvalue weighted by atomic mass is 10.1. The molecule has 0 fully saturated rings. The summed E-state index contributed by atoms with van der Waals surface area (Å²) in [5, 5.41) is 13.8. The molecular formula is C34H29N5O5S. The SMILES string of the molecule is COc1cccc(/C=C(\NC(=O)c2ccccc2)C(=O)Nc2ccc(SCC(=O)NC3=NN(c4ccccc4)C(=O)C3)cc2)c1. The summed E-state index contributed by atoms with van der Waals surface area (Å²) in [6.07, 6.45) is 1.59. The van der Waals surface area contributed by atoms with Crippen molar-refractivity contribution in [1.29, 1.82) is 0 Å². The second-order valence-corrected chi connectivity index (χ2v) is 10.8. The molecule has 1 aliphatic rings. The molecule has 0 saturated heterocycles. The Morgan fingerprint density at radius 3 is 2.31 bits per heavy atom. The van der Waals surface area contributed by atoms with Crippen molar-refractivity contribution in [1.82, 2.24) is 10.6 Å². The van der Waals surface area contributed by atoms with Gasteiger partial charge in [0.25, 0.3) is 17.7 Å².